The Morgan fingerprint density at radius 1 is 1.58 bits per heavy atom. The van der Waals surface area contributed by atoms with Gasteiger partial charge in [-0.15, -0.1) is 0 Å². The number of nitrogens with zero attached hydrogens (tertiary/aromatic N) is 1. The summed E-state index contributed by atoms with van der Waals surface area (Å²) in [5.74, 6) is 0. The second-order valence-electron chi connectivity index (χ2n) is 1.77. The topological polar surface area (TPSA) is 67.3 Å². The van der Waals surface area contributed by atoms with Gasteiger partial charge in [-0.25, -0.2) is 4.98 Å². The molecule has 0 aliphatic carbocycles. The molecule has 1 aromatic heterocycles. The molecule has 0 bridgehead atoms. The van der Waals surface area contributed by atoms with Gasteiger partial charge < -0.3 is 1.43 Å². The summed E-state index contributed by atoms with van der Waals surface area (Å²) in [6.45, 7) is 0. The molecule has 0 atom stereocenters. The second-order valence-corrected chi connectivity index (χ2v) is 3.52. The van der Waals surface area contributed by atoms with E-state index in [2.05, 4.69) is 4.98 Å². The molecule has 0 amide bonds. The predicted octanol–water partition coefficient (Wildman–Crippen LogP) is -1.90. The molecular weight excluding hydrogens is 229 g/mol. The van der Waals surface area contributed by atoms with Gasteiger partial charge in [-0.05, 0) is 12.1 Å². The molecule has 0 spiro atoms. The molecule has 0 saturated carbocycles. The average molecular weight is 234 g/mol. The van der Waals surface area contributed by atoms with Crippen molar-refractivity contribution in [2.45, 2.75) is 4.90 Å². The van der Waals surface area contributed by atoms with Crippen LogP contribution in [0.2, 0.25) is 5.15 Å². The Hall–Kier alpha value is 0.986. The van der Waals surface area contributed by atoms with Crippen LogP contribution in [0.5, 0.6) is 0 Å². The maximum Gasteiger partial charge on any atom is 1.00 e. The van der Waals surface area contributed by atoms with Gasteiger partial charge >= 0.3 is 51.4 Å². The molecule has 0 saturated heterocycles. The number of aromatic nitrogens is 1. The van der Waals surface area contributed by atoms with Crippen LogP contribution in [0.1, 0.15) is 1.43 Å². The van der Waals surface area contributed by atoms with Crippen LogP contribution in [0.25, 0.3) is 0 Å². The Kier molecular flexibility index (Phi) is 5.43. The molecule has 12 heavy (non-hydrogen) atoms. The van der Waals surface area contributed by atoms with E-state index in [9.17, 15) is 8.42 Å². The molecule has 0 aromatic carbocycles. The number of hydrogen-bond donors (Lipinski definition) is 1. The summed E-state index contributed by atoms with van der Waals surface area (Å²) in [5, 5.41) is -0.227. The summed E-state index contributed by atoms with van der Waals surface area (Å²) in [4.78, 5) is 3.10. The van der Waals surface area contributed by atoms with Crippen molar-refractivity contribution in [2.75, 3.05) is 0 Å². The Bertz CT molecular complexity index is 372. The molecule has 1 rings (SSSR count). The zero-order valence-electron chi connectivity index (χ0n) is 7.23. The largest absolute Gasteiger partial charge is 1.00 e. The first kappa shape index (κ1) is 13.0. The van der Waals surface area contributed by atoms with Gasteiger partial charge in [0.15, 0.2) is 0 Å². The van der Waals surface area contributed by atoms with Crippen LogP contribution in [-0.4, -0.2) is 18.0 Å². The second kappa shape index (κ2) is 5.01. The van der Waals surface area contributed by atoms with E-state index < -0.39 is 10.1 Å². The molecule has 1 N–H and O–H groups in total. The smallest absolute Gasteiger partial charge is 1.00 e. The first-order chi connectivity index (χ1) is 5.02. The maximum absolute atomic E-state index is 10.5. The van der Waals surface area contributed by atoms with Crippen LogP contribution < -0.4 is 51.4 Å². The third kappa shape index (κ3) is 3.39. The van der Waals surface area contributed by atoms with Crippen molar-refractivity contribution in [3.63, 3.8) is 0 Å². The van der Waals surface area contributed by atoms with Crippen molar-refractivity contribution < 1.29 is 65.8 Å². The predicted molar refractivity (Wildman–Crippen MR) is 40.2 cm³/mol. The van der Waals surface area contributed by atoms with E-state index in [1.165, 1.54) is 18.3 Å². The zero-order valence-corrected chi connectivity index (χ0v) is 10.9. The van der Waals surface area contributed by atoms with Crippen molar-refractivity contribution in [2.24, 2.45) is 0 Å². The molecule has 1 heterocycles. The first-order valence-corrected chi connectivity index (χ1v) is 4.41. The van der Waals surface area contributed by atoms with Gasteiger partial charge in [0.05, 0.1) is 0 Å². The zero-order chi connectivity index (χ0) is 8.48. The minimum atomic E-state index is -4.23. The quantitative estimate of drug-likeness (QED) is 0.350. The molecule has 4 nitrogen and oxygen atoms in total. The Balaban J connectivity index is 0. The van der Waals surface area contributed by atoms with E-state index in [4.69, 9.17) is 16.2 Å². The van der Waals surface area contributed by atoms with Gasteiger partial charge in [0.25, 0.3) is 10.1 Å². The monoisotopic (exact) mass is 233 g/mol. The van der Waals surface area contributed by atoms with Crippen LogP contribution >= 0.6 is 11.6 Å². The van der Waals surface area contributed by atoms with Crippen molar-refractivity contribution in [1.82, 2.24) is 4.98 Å². The molecular formula is C5H5ClKNO3S. The summed E-state index contributed by atoms with van der Waals surface area (Å²) in [6, 6.07) is 2.54. The summed E-state index contributed by atoms with van der Waals surface area (Å²) >= 11 is 5.36. The van der Waals surface area contributed by atoms with E-state index in [-0.39, 0.29) is 62.9 Å². The molecule has 1 aromatic rings. The molecule has 0 aliphatic heterocycles. The van der Waals surface area contributed by atoms with Crippen molar-refractivity contribution >= 4 is 21.7 Å². The first-order valence-electron chi connectivity index (χ1n) is 2.60. The summed E-state index contributed by atoms with van der Waals surface area (Å²) in [5.41, 5.74) is 0. The van der Waals surface area contributed by atoms with Gasteiger partial charge in [0.1, 0.15) is 10.0 Å². The SMILES string of the molecule is O=S(=O)(O)c1cccnc1Cl.[H-].[K+]. The fourth-order valence-electron chi connectivity index (χ4n) is 0.564. The molecule has 0 aliphatic rings. The van der Waals surface area contributed by atoms with Crippen molar-refractivity contribution in [3.8, 4) is 0 Å². The maximum atomic E-state index is 10.5. The van der Waals surface area contributed by atoms with Crippen LogP contribution in [0, 0.1) is 0 Å². The van der Waals surface area contributed by atoms with Crippen LogP contribution in [0.4, 0.5) is 0 Å². The summed E-state index contributed by atoms with van der Waals surface area (Å²) in [7, 11) is -4.23. The molecule has 62 valence electrons. The Morgan fingerprint density at radius 2 is 2.17 bits per heavy atom. The molecule has 7 heteroatoms. The van der Waals surface area contributed by atoms with E-state index in [1.54, 1.807) is 0 Å². The molecule has 0 radical (unpaired) electrons. The van der Waals surface area contributed by atoms with E-state index in [0.717, 1.165) is 0 Å². The number of halogens is 1. The van der Waals surface area contributed by atoms with E-state index >= 15 is 0 Å². The van der Waals surface area contributed by atoms with E-state index in [0.29, 0.717) is 0 Å². The number of hydrogen-bond acceptors (Lipinski definition) is 3. The number of pyridine rings is 1. The minimum Gasteiger partial charge on any atom is -1.00 e. The van der Waals surface area contributed by atoms with E-state index in [1.807, 2.05) is 0 Å². The molecule has 0 unspecified atom stereocenters. The number of rotatable bonds is 1. The van der Waals surface area contributed by atoms with Crippen LogP contribution in [0.3, 0.4) is 0 Å². The van der Waals surface area contributed by atoms with Gasteiger partial charge in [0.2, 0.25) is 0 Å². The minimum absolute atomic E-state index is 0. The summed E-state index contributed by atoms with van der Waals surface area (Å²) in [6.07, 6.45) is 1.33. The standard InChI is InChI=1S/C5H4ClNO3S.K.H/c6-5-4(11(8,9)10)2-1-3-7-5;;/h1-3H,(H,8,9,10);;/q;+1;-1. The van der Waals surface area contributed by atoms with Gasteiger partial charge in [-0.3, -0.25) is 4.55 Å². The van der Waals surface area contributed by atoms with Gasteiger partial charge in [-0.1, -0.05) is 11.6 Å². The molecule has 0 fully saturated rings. The van der Waals surface area contributed by atoms with Crippen molar-refractivity contribution in [1.29, 1.82) is 0 Å². The third-order valence-corrected chi connectivity index (χ3v) is 2.30. The average Bonchev–Trinajstić information content (AvgIpc) is 1.86. The Morgan fingerprint density at radius 3 is 2.50 bits per heavy atom. The van der Waals surface area contributed by atoms with Crippen LogP contribution in [0.15, 0.2) is 23.2 Å². The van der Waals surface area contributed by atoms with Crippen LogP contribution in [-0.2, 0) is 10.1 Å². The summed E-state index contributed by atoms with van der Waals surface area (Å²) < 4.78 is 29.5. The fraction of sp³-hybridized carbons (Fsp3) is 0. The normalized spacial score (nSPS) is 10.5. The van der Waals surface area contributed by atoms with Gasteiger partial charge in [-0.2, -0.15) is 8.42 Å². The van der Waals surface area contributed by atoms with Crippen molar-refractivity contribution in [3.05, 3.63) is 23.5 Å². The Labute approximate surface area is 119 Å². The third-order valence-electron chi connectivity index (χ3n) is 1.00. The van der Waals surface area contributed by atoms with Gasteiger partial charge in [0, 0.05) is 6.20 Å². The fourth-order valence-corrected chi connectivity index (χ4v) is 1.49.